The van der Waals surface area contributed by atoms with Crippen molar-refractivity contribution in [3.05, 3.63) is 17.8 Å². The molecule has 21 heavy (non-hydrogen) atoms. The molecule has 1 saturated carbocycles. The number of amides is 1. The lowest BCUT2D eigenvalue weighted by atomic mass is 9.84. The van der Waals surface area contributed by atoms with Crippen LogP contribution >= 0.6 is 0 Å². The maximum Gasteiger partial charge on any atom is 0.356 e. The minimum absolute atomic E-state index is 0.0578. The van der Waals surface area contributed by atoms with Crippen LogP contribution in [0.15, 0.2) is 12.1 Å². The minimum Gasteiger partial charge on any atom is -0.476 e. The van der Waals surface area contributed by atoms with Crippen LogP contribution in [0.25, 0.3) is 0 Å². The van der Waals surface area contributed by atoms with Crippen molar-refractivity contribution in [1.29, 1.82) is 0 Å². The van der Waals surface area contributed by atoms with E-state index in [1.807, 2.05) is 9.80 Å². The Balaban J connectivity index is 1.57. The lowest BCUT2D eigenvalue weighted by Gasteiger charge is -2.38. The van der Waals surface area contributed by atoms with Crippen molar-refractivity contribution in [2.75, 3.05) is 31.1 Å². The number of nitrogens with zero attached hydrogens (tertiary/aromatic N) is 4. The van der Waals surface area contributed by atoms with E-state index in [-0.39, 0.29) is 17.5 Å². The molecule has 2 fully saturated rings. The van der Waals surface area contributed by atoms with E-state index in [9.17, 15) is 9.59 Å². The molecule has 1 saturated heterocycles. The van der Waals surface area contributed by atoms with E-state index in [2.05, 4.69) is 10.2 Å². The van der Waals surface area contributed by atoms with Gasteiger partial charge in [-0.1, -0.05) is 6.42 Å². The van der Waals surface area contributed by atoms with E-state index < -0.39 is 5.97 Å². The van der Waals surface area contributed by atoms with E-state index in [0.29, 0.717) is 32.0 Å². The number of carbonyl (C=O) groups is 2. The normalized spacial score (nSPS) is 19.2. The number of hydrogen-bond acceptors (Lipinski definition) is 5. The first kappa shape index (κ1) is 13.8. The van der Waals surface area contributed by atoms with Gasteiger partial charge < -0.3 is 14.9 Å². The molecule has 0 aromatic carbocycles. The van der Waals surface area contributed by atoms with Gasteiger partial charge in [-0.25, -0.2) is 4.79 Å². The van der Waals surface area contributed by atoms with Gasteiger partial charge in [-0.3, -0.25) is 4.79 Å². The number of aromatic nitrogens is 2. The number of carbonyl (C=O) groups excluding carboxylic acids is 1. The molecule has 1 aliphatic heterocycles. The standard InChI is InChI=1S/C14H18N4O3/c19-13(10-2-1-3-10)18-8-6-17(7-9-18)12-5-4-11(14(20)21)15-16-12/h4-5,10H,1-3,6-9H2,(H,20,21). The van der Waals surface area contributed by atoms with Crippen molar-refractivity contribution in [2.45, 2.75) is 19.3 Å². The third-order valence-electron chi connectivity index (χ3n) is 4.24. The van der Waals surface area contributed by atoms with Gasteiger partial charge in [0.25, 0.3) is 0 Å². The highest BCUT2D eigenvalue weighted by molar-refractivity contribution is 5.85. The Hall–Kier alpha value is -2.18. The summed E-state index contributed by atoms with van der Waals surface area (Å²) in [5, 5.41) is 16.4. The highest BCUT2D eigenvalue weighted by Gasteiger charge is 2.31. The topological polar surface area (TPSA) is 86.6 Å². The van der Waals surface area contributed by atoms with Crippen LogP contribution in [0.1, 0.15) is 29.8 Å². The van der Waals surface area contributed by atoms with Crippen LogP contribution in [-0.2, 0) is 4.79 Å². The highest BCUT2D eigenvalue weighted by Crippen LogP contribution is 2.28. The van der Waals surface area contributed by atoms with Gasteiger partial charge >= 0.3 is 5.97 Å². The van der Waals surface area contributed by atoms with Gasteiger partial charge in [-0.05, 0) is 25.0 Å². The SMILES string of the molecule is O=C(O)c1ccc(N2CCN(C(=O)C3CCC3)CC2)nn1. The third-order valence-corrected chi connectivity index (χ3v) is 4.24. The van der Waals surface area contributed by atoms with Crippen LogP contribution in [0.4, 0.5) is 5.82 Å². The smallest absolute Gasteiger partial charge is 0.356 e. The summed E-state index contributed by atoms with van der Waals surface area (Å²) in [6.07, 6.45) is 3.23. The summed E-state index contributed by atoms with van der Waals surface area (Å²) in [5.74, 6) is 0.111. The lowest BCUT2D eigenvalue weighted by Crippen LogP contribution is -2.51. The maximum atomic E-state index is 12.2. The molecule has 0 atom stereocenters. The van der Waals surface area contributed by atoms with Crippen LogP contribution in [0.2, 0.25) is 0 Å². The molecule has 1 amide bonds. The predicted molar refractivity (Wildman–Crippen MR) is 75.1 cm³/mol. The number of hydrogen-bond donors (Lipinski definition) is 1. The summed E-state index contributed by atoms with van der Waals surface area (Å²) in [7, 11) is 0. The Bertz CT molecular complexity index is 534. The zero-order chi connectivity index (χ0) is 14.8. The molecule has 1 N–H and O–H groups in total. The molecule has 0 radical (unpaired) electrons. The van der Waals surface area contributed by atoms with E-state index in [1.165, 1.54) is 12.5 Å². The van der Waals surface area contributed by atoms with E-state index in [4.69, 9.17) is 5.11 Å². The lowest BCUT2D eigenvalue weighted by molar-refractivity contribution is -0.138. The third kappa shape index (κ3) is 2.81. The van der Waals surface area contributed by atoms with Crippen LogP contribution in [0.3, 0.4) is 0 Å². The molecule has 0 bridgehead atoms. The number of anilines is 1. The Morgan fingerprint density at radius 3 is 2.29 bits per heavy atom. The monoisotopic (exact) mass is 290 g/mol. The first-order valence-electron chi connectivity index (χ1n) is 7.26. The van der Waals surface area contributed by atoms with E-state index in [1.54, 1.807) is 6.07 Å². The summed E-state index contributed by atoms with van der Waals surface area (Å²) < 4.78 is 0. The molecule has 1 aromatic heterocycles. The summed E-state index contributed by atoms with van der Waals surface area (Å²) in [6.45, 7) is 2.80. The quantitative estimate of drug-likeness (QED) is 0.878. The summed E-state index contributed by atoms with van der Waals surface area (Å²) in [5.41, 5.74) is -0.0578. The Morgan fingerprint density at radius 2 is 1.81 bits per heavy atom. The molecule has 7 heteroatoms. The van der Waals surface area contributed by atoms with E-state index >= 15 is 0 Å². The van der Waals surface area contributed by atoms with Crippen molar-refractivity contribution in [3.8, 4) is 0 Å². The largest absolute Gasteiger partial charge is 0.476 e. The fourth-order valence-corrected chi connectivity index (χ4v) is 2.68. The molecule has 1 aliphatic carbocycles. The van der Waals surface area contributed by atoms with Gasteiger partial charge in [0.05, 0.1) is 0 Å². The van der Waals surface area contributed by atoms with Gasteiger partial charge in [0.2, 0.25) is 5.91 Å². The average molecular weight is 290 g/mol. The Kier molecular flexibility index (Phi) is 3.72. The Morgan fingerprint density at radius 1 is 1.10 bits per heavy atom. The predicted octanol–water partition coefficient (Wildman–Crippen LogP) is 0.623. The van der Waals surface area contributed by atoms with Crippen molar-refractivity contribution in [3.63, 3.8) is 0 Å². The molecule has 7 nitrogen and oxygen atoms in total. The number of carboxylic acid groups (broad SMARTS) is 1. The molecule has 112 valence electrons. The van der Waals surface area contributed by atoms with Crippen LogP contribution < -0.4 is 4.90 Å². The van der Waals surface area contributed by atoms with Crippen LogP contribution in [0.5, 0.6) is 0 Å². The molecule has 2 heterocycles. The summed E-state index contributed by atoms with van der Waals surface area (Å²) in [4.78, 5) is 26.9. The second kappa shape index (κ2) is 5.67. The molecular formula is C14H18N4O3. The van der Waals surface area contributed by atoms with Crippen LogP contribution in [-0.4, -0.2) is 58.3 Å². The van der Waals surface area contributed by atoms with Crippen molar-refractivity contribution < 1.29 is 14.7 Å². The number of carboxylic acids is 1. The average Bonchev–Trinajstić information content (AvgIpc) is 2.46. The highest BCUT2D eigenvalue weighted by atomic mass is 16.4. The zero-order valence-corrected chi connectivity index (χ0v) is 11.7. The van der Waals surface area contributed by atoms with Gasteiger partial charge in [-0.2, -0.15) is 0 Å². The second-order valence-electron chi connectivity index (χ2n) is 5.52. The maximum absolute atomic E-state index is 12.2. The molecule has 2 aliphatic rings. The number of rotatable bonds is 3. The van der Waals surface area contributed by atoms with Gasteiger partial charge in [0.1, 0.15) is 0 Å². The fraction of sp³-hybridized carbons (Fsp3) is 0.571. The molecule has 3 rings (SSSR count). The number of aromatic carboxylic acids is 1. The van der Waals surface area contributed by atoms with Gasteiger partial charge in [-0.15, -0.1) is 10.2 Å². The summed E-state index contributed by atoms with van der Waals surface area (Å²) >= 11 is 0. The van der Waals surface area contributed by atoms with Gasteiger partial charge in [0, 0.05) is 32.1 Å². The fourth-order valence-electron chi connectivity index (χ4n) is 2.68. The first-order chi connectivity index (χ1) is 10.1. The molecular weight excluding hydrogens is 272 g/mol. The molecule has 0 unspecified atom stereocenters. The first-order valence-corrected chi connectivity index (χ1v) is 7.26. The Labute approximate surface area is 122 Å². The second-order valence-corrected chi connectivity index (χ2v) is 5.52. The van der Waals surface area contributed by atoms with Crippen molar-refractivity contribution in [2.24, 2.45) is 5.92 Å². The van der Waals surface area contributed by atoms with Crippen molar-refractivity contribution >= 4 is 17.7 Å². The molecule has 1 aromatic rings. The van der Waals surface area contributed by atoms with E-state index in [0.717, 1.165) is 12.8 Å². The van der Waals surface area contributed by atoms with Gasteiger partial charge in [0.15, 0.2) is 11.5 Å². The molecule has 0 spiro atoms. The zero-order valence-electron chi connectivity index (χ0n) is 11.7. The van der Waals surface area contributed by atoms with Crippen molar-refractivity contribution in [1.82, 2.24) is 15.1 Å². The number of piperazine rings is 1. The summed E-state index contributed by atoms with van der Waals surface area (Å²) in [6, 6.07) is 3.12. The van der Waals surface area contributed by atoms with Crippen LogP contribution in [0, 0.1) is 5.92 Å². The minimum atomic E-state index is -1.08.